The summed E-state index contributed by atoms with van der Waals surface area (Å²) in [6, 6.07) is 11.0. The van der Waals surface area contributed by atoms with E-state index in [-0.39, 0.29) is 17.7 Å². The van der Waals surface area contributed by atoms with E-state index >= 15 is 0 Å². The summed E-state index contributed by atoms with van der Waals surface area (Å²) >= 11 is 7.04. The lowest BCUT2D eigenvalue weighted by Gasteiger charge is -2.34. The summed E-state index contributed by atoms with van der Waals surface area (Å²) < 4.78 is 0. The Hall–Kier alpha value is -2.48. The Balaban J connectivity index is 2.07. The number of carbonyl (C=O) groups excluding carboxylic acids is 2. The molecule has 1 heterocycles. The number of nitrogens with zero attached hydrogens (tertiary/aromatic N) is 2. The number of nitrogens with one attached hydrogen (secondary N) is 2. The van der Waals surface area contributed by atoms with Gasteiger partial charge in [-0.05, 0) is 24.6 Å². The Morgan fingerprint density at radius 2 is 2.15 bits per heavy atom. The number of nitriles is 2. The van der Waals surface area contributed by atoms with Gasteiger partial charge in [-0.3, -0.25) is 9.59 Å². The van der Waals surface area contributed by atoms with E-state index in [4.69, 9.17) is 11.6 Å². The lowest BCUT2D eigenvalue weighted by Crippen LogP contribution is -2.44. The molecule has 27 heavy (non-hydrogen) atoms. The summed E-state index contributed by atoms with van der Waals surface area (Å²) in [7, 11) is 0. The highest BCUT2D eigenvalue weighted by Crippen LogP contribution is 2.41. The molecule has 140 valence electrons. The Bertz CT molecular complexity index is 882. The van der Waals surface area contributed by atoms with Crippen molar-refractivity contribution in [2.24, 2.45) is 11.3 Å². The summed E-state index contributed by atoms with van der Waals surface area (Å²) in [6.45, 7) is 5.21. The highest BCUT2D eigenvalue weighted by atomic mass is 35.5. The van der Waals surface area contributed by atoms with Gasteiger partial charge in [-0.2, -0.15) is 10.5 Å². The molecule has 2 amide bonds. The molecule has 8 heteroatoms. The molecule has 2 N–H and O–H groups in total. The molecule has 0 saturated heterocycles. The van der Waals surface area contributed by atoms with E-state index in [2.05, 4.69) is 16.7 Å². The largest absolute Gasteiger partial charge is 0.349 e. The molecule has 0 radical (unpaired) electrons. The van der Waals surface area contributed by atoms with Gasteiger partial charge in [-0.25, -0.2) is 0 Å². The van der Waals surface area contributed by atoms with Crippen LogP contribution in [0.4, 0.5) is 0 Å². The third kappa shape index (κ3) is 4.63. The molecule has 1 aromatic carbocycles. The molecular weight excluding hydrogens is 384 g/mol. The molecule has 1 aromatic rings. The number of thioether (sulfide) groups is 1. The highest BCUT2D eigenvalue weighted by Gasteiger charge is 2.44. The smallest absolute Gasteiger partial charge is 0.243 e. The van der Waals surface area contributed by atoms with Gasteiger partial charge in [0.05, 0.1) is 34.5 Å². The summed E-state index contributed by atoms with van der Waals surface area (Å²) in [6.07, 6.45) is 0. The van der Waals surface area contributed by atoms with Crippen molar-refractivity contribution in [2.75, 3.05) is 5.75 Å². The first kappa shape index (κ1) is 20.8. The first-order chi connectivity index (χ1) is 12.7. The topological polar surface area (TPSA) is 106 Å². The summed E-state index contributed by atoms with van der Waals surface area (Å²) in [5.74, 6) is -1.63. The Kier molecular flexibility index (Phi) is 6.54. The Morgan fingerprint density at radius 1 is 1.44 bits per heavy atom. The average Bonchev–Trinajstić information content (AvgIpc) is 2.59. The quantitative estimate of drug-likeness (QED) is 0.786. The van der Waals surface area contributed by atoms with Gasteiger partial charge >= 0.3 is 0 Å². The Morgan fingerprint density at radius 3 is 2.74 bits per heavy atom. The van der Waals surface area contributed by atoms with Gasteiger partial charge in [-0.15, -0.1) is 0 Å². The van der Waals surface area contributed by atoms with Crippen LogP contribution in [0.15, 0.2) is 34.9 Å². The van der Waals surface area contributed by atoms with Crippen LogP contribution in [-0.4, -0.2) is 17.6 Å². The number of rotatable bonds is 5. The van der Waals surface area contributed by atoms with E-state index < -0.39 is 17.2 Å². The lowest BCUT2D eigenvalue weighted by atomic mass is 9.72. The number of hydrogen-bond acceptors (Lipinski definition) is 5. The van der Waals surface area contributed by atoms with E-state index in [0.717, 1.165) is 17.3 Å². The van der Waals surface area contributed by atoms with Crippen LogP contribution in [0.2, 0.25) is 5.02 Å². The van der Waals surface area contributed by atoms with Crippen molar-refractivity contribution in [2.45, 2.75) is 26.8 Å². The fourth-order valence-corrected chi connectivity index (χ4v) is 4.00. The van der Waals surface area contributed by atoms with Crippen molar-refractivity contribution in [3.8, 4) is 12.1 Å². The zero-order valence-electron chi connectivity index (χ0n) is 15.2. The maximum atomic E-state index is 12.3. The van der Waals surface area contributed by atoms with E-state index in [1.54, 1.807) is 26.0 Å². The van der Waals surface area contributed by atoms with Gasteiger partial charge in [0.2, 0.25) is 11.8 Å². The third-order valence-corrected chi connectivity index (χ3v) is 5.64. The SMILES string of the molecule is C[C@@H](NC(=O)CSC1=C(C#N)C(C)(C)[C@@H](C#N)C(=O)N1)c1cccc(Cl)c1. The maximum Gasteiger partial charge on any atom is 0.243 e. The Labute approximate surface area is 167 Å². The minimum Gasteiger partial charge on any atom is -0.349 e. The maximum absolute atomic E-state index is 12.3. The normalized spacial score (nSPS) is 19.5. The number of allylic oxidation sites excluding steroid dienone is 1. The first-order valence-corrected chi connectivity index (χ1v) is 9.60. The van der Waals surface area contributed by atoms with Crippen LogP contribution in [0.3, 0.4) is 0 Å². The van der Waals surface area contributed by atoms with Crippen molar-refractivity contribution in [3.63, 3.8) is 0 Å². The average molecular weight is 403 g/mol. The summed E-state index contributed by atoms with van der Waals surface area (Å²) in [4.78, 5) is 24.4. The minimum atomic E-state index is -0.951. The number of carbonyl (C=O) groups is 2. The fourth-order valence-electron chi connectivity index (χ4n) is 2.81. The van der Waals surface area contributed by atoms with E-state index in [1.165, 1.54) is 0 Å². The van der Waals surface area contributed by atoms with Crippen LogP contribution in [0.1, 0.15) is 32.4 Å². The van der Waals surface area contributed by atoms with Crippen LogP contribution in [0.5, 0.6) is 0 Å². The van der Waals surface area contributed by atoms with Crippen molar-refractivity contribution < 1.29 is 9.59 Å². The summed E-state index contributed by atoms with van der Waals surface area (Å²) in [5.41, 5.74) is 0.259. The molecule has 2 rings (SSSR count). The van der Waals surface area contributed by atoms with Crippen LogP contribution >= 0.6 is 23.4 Å². The second-order valence-electron chi connectivity index (χ2n) is 6.72. The molecular formula is C19H19ClN4O2S. The molecule has 0 saturated carbocycles. The summed E-state index contributed by atoms with van der Waals surface area (Å²) in [5, 5.41) is 25.1. The van der Waals surface area contributed by atoms with Crippen LogP contribution < -0.4 is 10.6 Å². The number of hydrogen-bond donors (Lipinski definition) is 2. The highest BCUT2D eigenvalue weighted by molar-refractivity contribution is 8.03. The molecule has 0 spiro atoms. The predicted octanol–water partition coefficient (Wildman–Crippen LogP) is 3.28. The lowest BCUT2D eigenvalue weighted by molar-refractivity contribution is -0.125. The molecule has 0 bridgehead atoms. The van der Waals surface area contributed by atoms with Crippen LogP contribution in [-0.2, 0) is 9.59 Å². The molecule has 0 aliphatic carbocycles. The van der Waals surface area contributed by atoms with Crippen molar-refractivity contribution >= 4 is 35.2 Å². The van der Waals surface area contributed by atoms with E-state index in [0.29, 0.717) is 15.6 Å². The number of amides is 2. The number of halogens is 1. The third-order valence-electron chi connectivity index (χ3n) is 4.41. The van der Waals surface area contributed by atoms with Gasteiger partial charge in [0.25, 0.3) is 0 Å². The molecule has 2 atom stereocenters. The number of benzene rings is 1. The first-order valence-electron chi connectivity index (χ1n) is 8.23. The molecule has 0 fully saturated rings. The van der Waals surface area contributed by atoms with Gasteiger partial charge in [-0.1, -0.05) is 49.3 Å². The van der Waals surface area contributed by atoms with Crippen LogP contribution in [0, 0.1) is 34.0 Å². The molecule has 6 nitrogen and oxygen atoms in total. The van der Waals surface area contributed by atoms with E-state index in [1.807, 2.05) is 25.1 Å². The predicted molar refractivity (Wildman–Crippen MR) is 104 cm³/mol. The van der Waals surface area contributed by atoms with E-state index in [9.17, 15) is 20.1 Å². The molecule has 0 aromatic heterocycles. The van der Waals surface area contributed by atoms with Crippen molar-refractivity contribution in [1.82, 2.24) is 10.6 Å². The van der Waals surface area contributed by atoms with Gasteiger partial charge < -0.3 is 10.6 Å². The second kappa shape index (κ2) is 8.47. The molecule has 1 aliphatic heterocycles. The fraction of sp³-hybridized carbons (Fsp3) is 0.368. The molecule has 0 unspecified atom stereocenters. The zero-order valence-corrected chi connectivity index (χ0v) is 16.7. The van der Waals surface area contributed by atoms with Gasteiger partial charge in [0.1, 0.15) is 5.92 Å². The minimum absolute atomic E-state index is 0.0268. The zero-order chi connectivity index (χ0) is 20.2. The van der Waals surface area contributed by atoms with Gasteiger partial charge in [0.15, 0.2) is 0 Å². The molecule has 1 aliphatic rings. The van der Waals surface area contributed by atoms with Crippen molar-refractivity contribution in [1.29, 1.82) is 10.5 Å². The monoisotopic (exact) mass is 402 g/mol. The van der Waals surface area contributed by atoms with Crippen molar-refractivity contribution in [3.05, 3.63) is 45.5 Å². The standard InChI is InChI=1S/C19H19ClN4O2S/c1-11(12-5-4-6-13(20)7-12)23-16(25)10-27-18-15(9-22)19(2,3)14(8-21)17(26)24-18/h4-7,11,14H,10H2,1-3H3,(H,23,25)(H,24,26)/t11-,14+/m1/s1. The second-order valence-corrected chi connectivity index (χ2v) is 8.14. The van der Waals surface area contributed by atoms with Gasteiger partial charge in [0, 0.05) is 10.4 Å². The van der Waals surface area contributed by atoms with Crippen LogP contribution in [0.25, 0.3) is 0 Å².